The number of benzene rings is 2. The van der Waals surface area contributed by atoms with Gasteiger partial charge in [-0.3, -0.25) is 0 Å². The van der Waals surface area contributed by atoms with Crippen molar-refractivity contribution >= 4 is 10.9 Å². The smallest absolute Gasteiger partial charge is 0.218 e. The highest BCUT2D eigenvalue weighted by atomic mass is 35.7. The Kier molecular flexibility index (Phi) is 5.07. The summed E-state index contributed by atoms with van der Waals surface area (Å²) in [5.74, 6) is 0. The van der Waals surface area contributed by atoms with E-state index in [2.05, 4.69) is 72.3 Å². The molecule has 0 aliphatic heterocycles. The van der Waals surface area contributed by atoms with Gasteiger partial charge in [0.2, 0.25) is 11.2 Å². The number of aryl methyl sites for hydroxylation is 1. The Labute approximate surface area is 130 Å². The number of rotatable bonds is 1. The number of aromatic nitrogens is 1. The molecule has 0 fully saturated rings. The Morgan fingerprint density at radius 1 is 0.773 bits per heavy atom. The number of hydrogen-bond donors (Lipinski definition) is 0. The first-order valence-corrected chi connectivity index (χ1v) is 7.67. The largest absolute Gasteiger partial charge is 0.222 e. The second-order valence-corrected chi connectivity index (χ2v) is 5.36. The van der Waals surface area contributed by atoms with Gasteiger partial charge in [-0.05, 0) is 18.6 Å². The summed E-state index contributed by atoms with van der Waals surface area (Å²) in [5.41, 5.74) is 3.76. The van der Waals surface area contributed by atoms with Crippen molar-refractivity contribution in [3.63, 3.8) is 0 Å². The van der Waals surface area contributed by atoms with Gasteiger partial charge in [0.1, 0.15) is 0 Å². The first-order chi connectivity index (χ1) is 10.4. The van der Waals surface area contributed by atoms with Crippen LogP contribution in [0.2, 0.25) is 0 Å². The Bertz CT molecular complexity index is 751. The quantitative estimate of drug-likeness (QED) is 0.519. The molecule has 0 unspecified atom stereocenters. The van der Waals surface area contributed by atoms with Crippen LogP contribution in [0.5, 0.6) is 0 Å². The van der Waals surface area contributed by atoms with Crippen LogP contribution in [0.4, 0.5) is 0 Å². The van der Waals surface area contributed by atoms with Crippen molar-refractivity contribution in [2.75, 3.05) is 0 Å². The van der Waals surface area contributed by atoms with E-state index in [1.54, 1.807) is 0 Å². The summed E-state index contributed by atoms with van der Waals surface area (Å²) in [4.78, 5) is 0. The molecule has 3 aromatic rings. The molecule has 0 N–H and O–H groups in total. The number of fused-ring (bicyclic) bond motifs is 1. The second kappa shape index (κ2) is 6.83. The minimum Gasteiger partial charge on any atom is -0.222 e. The molecule has 1 heterocycles. The number of hydrogen-bond acceptors (Lipinski definition) is 4. The van der Waals surface area contributed by atoms with E-state index in [0.717, 1.165) is 0 Å². The third-order valence-electron chi connectivity index (χ3n) is 3.10. The molecule has 0 aliphatic rings. The second-order valence-electron chi connectivity index (χ2n) is 4.60. The maximum absolute atomic E-state index is 8.49. The Hall–Kier alpha value is -2.02. The maximum atomic E-state index is 8.49. The molecule has 0 bridgehead atoms. The fourth-order valence-corrected chi connectivity index (χ4v) is 2.19. The van der Waals surface area contributed by atoms with Gasteiger partial charge in [-0.1, -0.05) is 30.3 Å². The number of halogens is 1. The molecule has 0 saturated carbocycles. The molecular formula is C16H14ClNO4. The van der Waals surface area contributed by atoms with Crippen molar-refractivity contribution in [2.24, 2.45) is 0 Å². The molecule has 0 atom stereocenters. The van der Waals surface area contributed by atoms with Crippen LogP contribution in [0.1, 0.15) is 5.56 Å². The Morgan fingerprint density at radius 3 is 1.95 bits per heavy atom. The summed E-state index contributed by atoms with van der Waals surface area (Å²) in [5, 5.41) is 1.30. The lowest BCUT2D eigenvalue weighted by atomic mass is 10.1. The minimum atomic E-state index is -4.94. The minimum absolute atomic E-state index is 1.20. The molecule has 0 amide bonds. The highest BCUT2D eigenvalue weighted by molar-refractivity contribution is 5.79. The average Bonchev–Trinajstić information content (AvgIpc) is 2.47. The molecule has 1 aromatic heterocycles. The van der Waals surface area contributed by atoms with Crippen molar-refractivity contribution in [1.29, 1.82) is 0 Å². The van der Waals surface area contributed by atoms with Crippen LogP contribution in [0.15, 0.2) is 66.9 Å². The van der Waals surface area contributed by atoms with Crippen LogP contribution in [0.25, 0.3) is 16.6 Å². The van der Waals surface area contributed by atoms with Gasteiger partial charge in [0.25, 0.3) is 0 Å². The van der Waals surface area contributed by atoms with Crippen LogP contribution in [-0.2, 0) is 0 Å². The van der Waals surface area contributed by atoms with Gasteiger partial charge in [0.15, 0.2) is 6.20 Å². The normalized spacial score (nSPS) is 11.0. The summed E-state index contributed by atoms with van der Waals surface area (Å²) in [6.45, 7) is 2.15. The zero-order chi connectivity index (χ0) is 16.2. The number of pyridine rings is 1. The average molecular weight is 320 g/mol. The van der Waals surface area contributed by atoms with Crippen molar-refractivity contribution in [3.8, 4) is 5.69 Å². The van der Waals surface area contributed by atoms with E-state index in [0.29, 0.717) is 0 Å². The SMILES string of the molecule is Cc1cc[n+](-c2ccccc2)c2ccccc12.[O-][Cl+3]([O-])([O-])[O-]. The topological polar surface area (TPSA) is 96.1 Å². The van der Waals surface area contributed by atoms with E-state index in [1.165, 1.54) is 22.2 Å². The van der Waals surface area contributed by atoms with E-state index in [4.69, 9.17) is 18.6 Å². The van der Waals surface area contributed by atoms with Crippen LogP contribution < -0.4 is 23.2 Å². The van der Waals surface area contributed by atoms with Crippen molar-refractivity contribution in [3.05, 3.63) is 72.4 Å². The Morgan fingerprint density at radius 2 is 1.32 bits per heavy atom. The number of nitrogens with zero attached hydrogens (tertiary/aromatic N) is 1. The van der Waals surface area contributed by atoms with Gasteiger partial charge < -0.3 is 0 Å². The zero-order valence-corrected chi connectivity index (χ0v) is 12.6. The monoisotopic (exact) mass is 319 g/mol. The zero-order valence-electron chi connectivity index (χ0n) is 11.8. The summed E-state index contributed by atoms with van der Waals surface area (Å²) in [6, 6.07) is 21.1. The van der Waals surface area contributed by atoms with Gasteiger partial charge in [-0.25, -0.2) is 18.6 Å². The predicted molar refractivity (Wildman–Crippen MR) is 70.2 cm³/mol. The lowest BCUT2D eigenvalue weighted by Crippen LogP contribution is -2.68. The molecule has 6 heteroatoms. The van der Waals surface area contributed by atoms with Gasteiger partial charge in [-0.2, -0.15) is 4.57 Å². The van der Waals surface area contributed by atoms with E-state index < -0.39 is 10.2 Å². The summed E-state index contributed by atoms with van der Waals surface area (Å²) in [6.07, 6.45) is 2.13. The van der Waals surface area contributed by atoms with Crippen molar-refractivity contribution in [1.82, 2.24) is 0 Å². The highest BCUT2D eigenvalue weighted by Gasteiger charge is 2.11. The molecular weight excluding hydrogens is 306 g/mol. The van der Waals surface area contributed by atoms with E-state index in [1.807, 2.05) is 6.07 Å². The molecule has 0 spiro atoms. The summed E-state index contributed by atoms with van der Waals surface area (Å²) >= 11 is 0. The fraction of sp³-hybridized carbons (Fsp3) is 0.0625. The molecule has 22 heavy (non-hydrogen) atoms. The predicted octanol–water partition coefficient (Wildman–Crippen LogP) is -1.33. The molecule has 2 aromatic carbocycles. The van der Waals surface area contributed by atoms with Crippen molar-refractivity contribution in [2.45, 2.75) is 6.92 Å². The lowest BCUT2D eigenvalue weighted by Gasteiger charge is -2.17. The van der Waals surface area contributed by atoms with Gasteiger partial charge in [0.05, 0.1) is 0 Å². The summed E-state index contributed by atoms with van der Waals surface area (Å²) in [7, 11) is -4.94. The molecule has 0 radical (unpaired) electrons. The fourth-order valence-electron chi connectivity index (χ4n) is 2.19. The van der Waals surface area contributed by atoms with E-state index in [-0.39, 0.29) is 0 Å². The summed E-state index contributed by atoms with van der Waals surface area (Å²) < 4.78 is 36.2. The molecule has 5 nitrogen and oxygen atoms in total. The number of para-hydroxylation sites is 2. The van der Waals surface area contributed by atoms with E-state index in [9.17, 15) is 0 Å². The standard InChI is InChI=1S/C16H14N.ClHO4/c1-13-11-12-17(14-7-3-2-4-8-14)16-10-6-5-9-15(13)16;2-1(3,4)5/h2-12H,1H3;(H,2,3,4,5)/q+1;/p-1. The third kappa shape index (κ3) is 4.49. The van der Waals surface area contributed by atoms with Gasteiger partial charge in [0, 0.05) is 29.7 Å². The lowest BCUT2D eigenvalue weighted by molar-refractivity contribution is -2.00. The van der Waals surface area contributed by atoms with Crippen LogP contribution in [-0.4, -0.2) is 0 Å². The first-order valence-electron chi connectivity index (χ1n) is 6.43. The molecule has 114 valence electrons. The van der Waals surface area contributed by atoms with Gasteiger partial charge in [-0.15, -0.1) is 10.2 Å². The van der Waals surface area contributed by atoms with Gasteiger partial charge >= 0.3 is 0 Å². The van der Waals surface area contributed by atoms with Crippen molar-refractivity contribution < 1.29 is 33.4 Å². The van der Waals surface area contributed by atoms with Crippen LogP contribution >= 0.6 is 0 Å². The molecule has 0 saturated heterocycles. The van der Waals surface area contributed by atoms with E-state index >= 15 is 0 Å². The molecule has 0 aliphatic carbocycles. The van der Waals surface area contributed by atoms with Crippen LogP contribution in [0.3, 0.4) is 0 Å². The van der Waals surface area contributed by atoms with Crippen LogP contribution in [0, 0.1) is 17.2 Å². The first kappa shape index (κ1) is 16.4. The third-order valence-corrected chi connectivity index (χ3v) is 3.10. The Balaban J connectivity index is 0.000000309. The molecule has 3 rings (SSSR count). The maximum Gasteiger partial charge on any atom is 0.218 e. The highest BCUT2D eigenvalue weighted by Crippen LogP contribution is 2.15.